The van der Waals surface area contributed by atoms with Crippen molar-refractivity contribution in [3.63, 3.8) is 0 Å². The Morgan fingerprint density at radius 1 is 1.12 bits per heavy atom. The molecule has 2 saturated heterocycles. The van der Waals surface area contributed by atoms with Gasteiger partial charge >= 0.3 is 0 Å². The largest absolute Gasteiger partial charge is 0.497 e. The average molecular weight is 434 g/mol. The topological polar surface area (TPSA) is 79.3 Å². The maximum absolute atomic E-state index is 12.6. The van der Waals surface area contributed by atoms with Crippen molar-refractivity contribution in [2.75, 3.05) is 40.5 Å². The van der Waals surface area contributed by atoms with Gasteiger partial charge in [0.05, 0.1) is 32.3 Å². The molecule has 0 radical (unpaired) electrons. The number of aliphatic hydroxyl groups excluding tert-OH is 1. The van der Waals surface area contributed by atoms with E-state index in [1.165, 1.54) is 7.11 Å². The zero-order valence-corrected chi connectivity index (χ0v) is 18.2. The molecule has 0 spiro atoms. The Balaban J connectivity index is 1.51. The van der Waals surface area contributed by atoms with Crippen molar-refractivity contribution in [2.45, 2.75) is 18.0 Å². The number of fused-ring (bicyclic) bond motifs is 1. The quantitative estimate of drug-likeness (QED) is 0.717. The molecule has 0 aliphatic carbocycles. The lowest BCUT2D eigenvalue weighted by atomic mass is 9.73. The molecule has 2 aliphatic rings. The number of hydrogen-bond acceptors (Lipinski definition) is 5. The van der Waals surface area contributed by atoms with Crippen LogP contribution in [0.25, 0.3) is 0 Å². The second-order valence-corrected chi connectivity index (χ2v) is 7.96. The summed E-state index contributed by atoms with van der Waals surface area (Å²) in [6.45, 7) is 0.304. The number of benzene rings is 2. The van der Waals surface area contributed by atoms with E-state index in [0.29, 0.717) is 6.54 Å². The number of rotatable bonds is 5. The smallest absolute Gasteiger partial charge is 0.249 e. The van der Waals surface area contributed by atoms with Gasteiger partial charge in [-0.05, 0) is 35.9 Å². The predicted octanol–water partition coefficient (Wildman–Crippen LogP) is 1.24. The normalized spacial score (nSPS) is 21.8. The minimum atomic E-state index is -0.277. The third kappa shape index (κ3) is 4.20. The van der Waals surface area contributed by atoms with Crippen molar-refractivity contribution in [2.24, 2.45) is 0 Å². The van der Waals surface area contributed by atoms with E-state index in [1.807, 2.05) is 48.5 Å². The highest BCUT2D eigenvalue weighted by atomic mass is 16.5. The van der Waals surface area contributed by atoms with E-state index in [-0.39, 0.29) is 49.6 Å². The van der Waals surface area contributed by atoms with Crippen molar-refractivity contribution >= 4 is 11.8 Å². The molecule has 0 aromatic heterocycles. The van der Waals surface area contributed by atoms with Crippen LogP contribution in [-0.2, 0) is 14.3 Å². The Kier molecular flexibility index (Phi) is 6.45. The van der Waals surface area contributed by atoms with Gasteiger partial charge < -0.3 is 24.4 Å². The number of methoxy groups -OCH3 is 2. The molecule has 1 N–H and O–H groups in total. The van der Waals surface area contributed by atoms with Crippen LogP contribution in [0.15, 0.2) is 48.5 Å². The summed E-state index contributed by atoms with van der Waals surface area (Å²) >= 11 is 0. The van der Waals surface area contributed by atoms with Crippen molar-refractivity contribution in [3.8, 4) is 17.6 Å². The van der Waals surface area contributed by atoms with E-state index in [2.05, 4.69) is 11.8 Å². The standard InChI is InChI=1S/C25H26N2O5/c1-31-16-24(30)26-13-21-25(22(15-28)27(21)23(29)14-26)19-10-8-17(9-11-19)6-7-18-4-3-5-20(12-18)32-2/h3-5,8-12,21-22,25,28H,13-16H2,1-2H3/t21-,22-,25-/m0/s1. The van der Waals surface area contributed by atoms with Crippen LogP contribution >= 0.6 is 0 Å². The zero-order chi connectivity index (χ0) is 22.7. The second kappa shape index (κ2) is 9.43. The van der Waals surface area contributed by atoms with Crippen LogP contribution in [0, 0.1) is 11.8 Å². The monoisotopic (exact) mass is 434 g/mol. The molecule has 2 fully saturated rings. The number of nitrogens with zero attached hydrogens (tertiary/aromatic N) is 2. The molecule has 0 saturated carbocycles. The molecule has 7 nitrogen and oxygen atoms in total. The van der Waals surface area contributed by atoms with Gasteiger partial charge in [-0.1, -0.05) is 30.0 Å². The van der Waals surface area contributed by atoms with Gasteiger partial charge in [-0.25, -0.2) is 0 Å². The van der Waals surface area contributed by atoms with Crippen LogP contribution in [0.1, 0.15) is 22.6 Å². The van der Waals surface area contributed by atoms with Gasteiger partial charge in [-0.15, -0.1) is 0 Å². The first kappa shape index (κ1) is 21.9. The van der Waals surface area contributed by atoms with Crippen LogP contribution in [0.2, 0.25) is 0 Å². The van der Waals surface area contributed by atoms with Crippen LogP contribution in [-0.4, -0.2) is 79.3 Å². The first-order valence-electron chi connectivity index (χ1n) is 10.5. The number of piperazine rings is 1. The summed E-state index contributed by atoms with van der Waals surface area (Å²) in [6.07, 6.45) is 0. The maximum Gasteiger partial charge on any atom is 0.249 e. The van der Waals surface area contributed by atoms with Crippen molar-refractivity contribution in [3.05, 3.63) is 65.2 Å². The van der Waals surface area contributed by atoms with E-state index in [4.69, 9.17) is 9.47 Å². The van der Waals surface area contributed by atoms with Crippen LogP contribution in [0.3, 0.4) is 0 Å². The molecular weight excluding hydrogens is 408 g/mol. The Morgan fingerprint density at radius 2 is 1.88 bits per heavy atom. The maximum atomic E-state index is 12.6. The van der Waals surface area contributed by atoms with Crippen molar-refractivity contribution in [1.82, 2.24) is 9.80 Å². The van der Waals surface area contributed by atoms with Crippen LogP contribution < -0.4 is 4.74 Å². The highest BCUT2D eigenvalue weighted by Gasteiger charge is 2.54. The molecule has 0 unspecified atom stereocenters. The van der Waals surface area contributed by atoms with E-state index in [1.54, 1.807) is 16.9 Å². The lowest BCUT2D eigenvalue weighted by Crippen LogP contribution is -2.73. The van der Waals surface area contributed by atoms with Gasteiger partial charge in [0.1, 0.15) is 12.4 Å². The molecule has 2 amide bonds. The molecule has 4 rings (SSSR count). The summed E-state index contributed by atoms with van der Waals surface area (Å²) < 4.78 is 10.2. The molecule has 2 aliphatic heterocycles. The first-order valence-corrected chi connectivity index (χ1v) is 10.5. The van der Waals surface area contributed by atoms with Gasteiger partial charge in [-0.2, -0.15) is 0 Å². The number of amides is 2. The minimum absolute atomic E-state index is 0.0285. The molecule has 166 valence electrons. The second-order valence-electron chi connectivity index (χ2n) is 7.96. The van der Waals surface area contributed by atoms with Gasteiger partial charge in [0.25, 0.3) is 0 Å². The Bertz CT molecular complexity index is 1060. The lowest BCUT2D eigenvalue weighted by Gasteiger charge is -2.58. The fraction of sp³-hybridized carbons (Fsp3) is 0.360. The summed E-state index contributed by atoms with van der Waals surface area (Å²) in [6, 6.07) is 15.0. The van der Waals surface area contributed by atoms with Crippen molar-refractivity contribution in [1.29, 1.82) is 0 Å². The first-order chi connectivity index (χ1) is 15.5. The Morgan fingerprint density at radius 3 is 2.56 bits per heavy atom. The zero-order valence-electron chi connectivity index (χ0n) is 18.2. The van der Waals surface area contributed by atoms with E-state index in [0.717, 1.165) is 22.4 Å². The molecule has 0 bridgehead atoms. The van der Waals surface area contributed by atoms with Gasteiger partial charge in [0.2, 0.25) is 11.8 Å². The third-order valence-corrected chi connectivity index (χ3v) is 6.09. The summed E-state index contributed by atoms with van der Waals surface area (Å²) in [7, 11) is 3.09. The fourth-order valence-corrected chi connectivity index (χ4v) is 4.54. The van der Waals surface area contributed by atoms with E-state index >= 15 is 0 Å². The summed E-state index contributed by atoms with van der Waals surface area (Å²) in [5.41, 5.74) is 2.75. The average Bonchev–Trinajstić information content (AvgIpc) is 2.80. The number of carbonyl (C=O) groups is 2. The van der Waals surface area contributed by atoms with Gasteiger partial charge in [0, 0.05) is 30.7 Å². The van der Waals surface area contributed by atoms with Crippen molar-refractivity contribution < 1.29 is 24.2 Å². The molecule has 2 aromatic carbocycles. The minimum Gasteiger partial charge on any atom is -0.497 e. The Labute approximate surface area is 187 Å². The SMILES string of the molecule is COCC(=O)N1CC(=O)N2[C@@H](CO)[C@@H](c3ccc(C#Cc4cccc(OC)c4)cc3)[C@@H]2C1. The van der Waals surface area contributed by atoms with Crippen LogP contribution in [0.4, 0.5) is 0 Å². The van der Waals surface area contributed by atoms with Gasteiger partial charge in [0.15, 0.2) is 0 Å². The molecular formula is C25H26N2O5. The van der Waals surface area contributed by atoms with E-state index in [9.17, 15) is 14.7 Å². The van der Waals surface area contributed by atoms with Crippen LogP contribution in [0.5, 0.6) is 5.75 Å². The number of hydrogen-bond donors (Lipinski definition) is 1. The number of aliphatic hydroxyl groups is 1. The summed E-state index contributed by atoms with van der Waals surface area (Å²) in [5.74, 6) is 6.67. The third-order valence-electron chi connectivity index (χ3n) is 6.09. The van der Waals surface area contributed by atoms with E-state index < -0.39 is 0 Å². The molecule has 32 heavy (non-hydrogen) atoms. The molecule has 7 heteroatoms. The fourth-order valence-electron chi connectivity index (χ4n) is 4.54. The summed E-state index contributed by atoms with van der Waals surface area (Å²) in [4.78, 5) is 28.1. The summed E-state index contributed by atoms with van der Waals surface area (Å²) in [5, 5.41) is 9.91. The molecule has 3 atom stereocenters. The lowest BCUT2D eigenvalue weighted by molar-refractivity contribution is -0.168. The highest BCUT2D eigenvalue weighted by Crippen LogP contribution is 2.42. The predicted molar refractivity (Wildman–Crippen MR) is 118 cm³/mol. The highest BCUT2D eigenvalue weighted by molar-refractivity contribution is 5.88. The molecule has 2 aromatic rings. The Hall–Kier alpha value is -3.34. The van der Waals surface area contributed by atoms with Gasteiger partial charge in [-0.3, -0.25) is 9.59 Å². The number of ether oxygens (including phenoxy) is 2. The number of carbonyl (C=O) groups excluding carboxylic acids is 2. The molecule has 2 heterocycles.